The van der Waals surface area contributed by atoms with Crippen molar-refractivity contribution in [2.75, 3.05) is 26.2 Å². The number of benzene rings is 1. The van der Waals surface area contributed by atoms with Gasteiger partial charge in [-0.15, -0.1) is 0 Å². The molecule has 0 radical (unpaired) electrons. The van der Waals surface area contributed by atoms with Crippen molar-refractivity contribution in [2.24, 2.45) is 5.92 Å². The Kier molecular flexibility index (Phi) is 4.83. The molecule has 1 saturated heterocycles. The molecule has 1 aliphatic heterocycles. The van der Waals surface area contributed by atoms with E-state index in [1.54, 1.807) is 0 Å². The number of likely N-dealkylation sites (tertiary alicyclic amines) is 1. The number of carbonyl (C=O) groups is 1. The number of carbonyl (C=O) groups excluding carboxylic acids is 1. The third-order valence-electron chi connectivity index (χ3n) is 5.33. The van der Waals surface area contributed by atoms with Crippen molar-refractivity contribution in [3.63, 3.8) is 0 Å². The van der Waals surface area contributed by atoms with Gasteiger partial charge in [-0.2, -0.15) is 5.10 Å². The predicted molar refractivity (Wildman–Crippen MR) is 97.6 cm³/mol. The number of nitrogens with zero attached hydrogens (tertiary/aromatic N) is 2. The van der Waals surface area contributed by atoms with Crippen LogP contribution in [0.3, 0.4) is 0 Å². The molecule has 1 amide bonds. The molecule has 2 aromatic rings. The molecular weight excluding hydrogens is 312 g/mol. The lowest BCUT2D eigenvalue weighted by Crippen LogP contribution is -2.31. The lowest BCUT2D eigenvalue weighted by molar-refractivity contribution is 0.0942. The van der Waals surface area contributed by atoms with Crippen LogP contribution in [0.2, 0.25) is 0 Å². The van der Waals surface area contributed by atoms with E-state index < -0.39 is 0 Å². The highest BCUT2D eigenvalue weighted by Gasteiger charge is 2.27. The van der Waals surface area contributed by atoms with Crippen LogP contribution in [-0.2, 0) is 6.42 Å². The topological polar surface area (TPSA) is 61.0 Å². The van der Waals surface area contributed by atoms with Gasteiger partial charge in [0, 0.05) is 31.2 Å². The fourth-order valence-corrected chi connectivity index (χ4v) is 3.60. The molecule has 1 aliphatic carbocycles. The van der Waals surface area contributed by atoms with Gasteiger partial charge in [-0.25, -0.2) is 0 Å². The van der Waals surface area contributed by atoms with Crippen molar-refractivity contribution in [1.82, 2.24) is 20.4 Å². The minimum absolute atomic E-state index is 0.0501. The number of H-pyrrole nitrogens is 1. The van der Waals surface area contributed by atoms with Crippen molar-refractivity contribution in [3.05, 3.63) is 53.3 Å². The van der Waals surface area contributed by atoms with E-state index in [9.17, 15) is 4.79 Å². The largest absolute Gasteiger partial charge is 0.350 e. The minimum atomic E-state index is -0.0501. The molecule has 5 heteroatoms. The van der Waals surface area contributed by atoms with E-state index in [0.717, 1.165) is 44.7 Å². The van der Waals surface area contributed by atoms with Crippen molar-refractivity contribution >= 4 is 5.91 Å². The molecule has 1 aromatic heterocycles. The summed E-state index contributed by atoms with van der Waals surface area (Å²) in [6.07, 6.45) is 4.67. The number of hydrogen-bond acceptors (Lipinski definition) is 3. The molecule has 2 aliphatic rings. The third kappa shape index (κ3) is 4.28. The number of hydrogen-bond donors (Lipinski definition) is 2. The average molecular weight is 338 g/mol. The van der Waals surface area contributed by atoms with E-state index in [4.69, 9.17) is 0 Å². The number of aromatic nitrogens is 2. The summed E-state index contributed by atoms with van der Waals surface area (Å²) in [4.78, 5) is 14.7. The first-order valence-electron chi connectivity index (χ1n) is 9.38. The van der Waals surface area contributed by atoms with E-state index in [2.05, 4.69) is 50.7 Å². The Labute approximate surface area is 148 Å². The fraction of sp³-hybridized carbons (Fsp3) is 0.500. The second-order valence-corrected chi connectivity index (χ2v) is 7.38. The van der Waals surface area contributed by atoms with E-state index in [-0.39, 0.29) is 5.91 Å². The highest BCUT2D eigenvalue weighted by Crippen LogP contribution is 2.38. The second kappa shape index (κ2) is 7.40. The zero-order chi connectivity index (χ0) is 17.1. The molecule has 2 heterocycles. The first-order valence-corrected chi connectivity index (χ1v) is 9.38. The van der Waals surface area contributed by atoms with E-state index in [1.807, 2.05) is 6.07 Å². The molecular formula is C20H26N4O. The molecule has 1 saturated carbocycles. The molecule has 4 rings (SSSR count). The van der Waals surface area contributed by atoms with Crippen LogP contribution in [0.15, 0.2) is 36.4 Å². The summed E-state index contributed by atoms with van der Waals surface area (Å²) in [6.45, 7) is 4.04. The van der Waals surface area contributed by atoms with E-state index in [1.165, 1.54) is 18.4 Å². The summed E-state index contributed by atoms with van der Waals surface area (Å²) >= 11 is 0. The third-order valence-corrected chi connectivity index (χ3v) is 5.33. The highest BCUT2D eigenvalue weighted by molar-refractivity contribution is 5.92. The van der Waals surface area contributed by atoms with Crippen LogP contribution in [0.4, 0.5) is 0 Å². The van der Waals surface area contributed by atoms with Gasteiger partial charge in [-0.3, -0.25) is 9.89 Å². The van der Waals surface area contributed by atoms with E-state index in [0.29, 0.717) is 17.5 Å². The van der Waals surface area contributed by atoms with Crippen LogP contribution in [0.5, 0.6) is 0 Å². The highest BCUT2D eigenvalue weighted by atomic mass is 16.1. The summed E-state index contributed by atoms with van der Waals surface area (Å²) in [7, 11) is 0. The molecule has 132 valence electrons. The summed E-state index contributed by atoms with van der Waals surface area (Å²) in [5, 5.41) is 10.2. The van der Waals surface area contributed by atoms with Crippen molar-refractivity contribution < 1.29 is 4.79 Å². The van der Waals surface area contributed by atoms with E-state index >= 15 is 0 Å². The smallest absolute Gasteiger partial charge is 0.271 e. The Bertz CT molecular complexity index is 707. The molecule has 1 atom stereocenters. The zero-order valence-electron chi connectivity index (χ0n) is 14.6. The summed E-state index contributed by atoms with van der Waals surface area (Å²) < 4.78 is 0. The number of rotatable bonds is 7. The SMILES string of the molecule is O=C(NCC1CCN(CCc2ccccc2)C1)c1cc(C2CC2)[nH]n1. The Morgan fingerprint density at radius 3 is 2.88 bits per heavy atom. The van der Waals surface area contributed by atoms with Gasteiger partial charge < -0.3 is 10.2 Å². The molecule has 5 nitrogen and oxygen atoms in total. The van der Waals surface area contributed by atoms with Gasteiger partial charge in [0.15, 0.2) is 0 Å². The summed E-state index contributed by atoms with van der Waals surface area (Å²) in [5.74, 6) is 1.09. The zero-order valence-corrected chi connectivity index (χ0v) is 14.6. The molecule has 0 bridgehead atoms. The maximum Gasteiger partial charge on any atom is 0.271 e. The maximum atomic E-state index is 12.2. The Balaban J connectivity index is 1.19. The molecule has 1 unspecified atom stereocenters. The Morgan fingerprint density at radius 1 is 1.24 bits per heavy atom. The Morgan fingerprint density at radius 2 is 2.08 bits per heavy atom. The van der Waals surface area contributed by atoms with Crippen LogP contribution in [0.1, 0.15) is 46.9 Å². The fourth-order valence-electron chi connectivity index (χ4n) is 3.60. The van der Waals surface area contributed by atoms with Gasteiger partial charge >= 0.3 is 0 Å². The van der Waals surface area contributed by atoms with Gasteiger partial charge in [0.2, 0.25) is 0 Å². The lowest BCUT2D eigenvalue weighted by Gasteiger charge is -2.16. The second-order valence-electron chi connectivity index (χ2n) is 7.38. The first-order chi connectivity index (χ1) is 12.3. The van der Waals surface area contributed by atoms with Crippen LogP contribution in [-0.4, -0.2) is 47.2 Å². The van der Waals surface area contributed by atoms with Gasteiger partial charge in [0.1, 0.15) is 5.69 Å². The van der Waals surface area contributed by atoms with Gasteiger partial charge in [0.05, 0.1) is 0 Å². The lowest BCUT2D eigenvalue weighted by atomic mass is 10.1. The van der Waals surface area contributed by atoms with Gasteiger partial charge in [-0.1, -0.05) is 30.3 Å². The molecule has 1 aromatic carbocycles. The van der Waals surface area contributed by atoms with Gasteiger partial charge in [-0.05, 0) is 49.8 Å². The summed E-state index contributed by atoms with van der Waals surface area (Å²) in [6, 6.07) is 12.5. The number of aromatic amines is 1. The first kappa shape index (κ1) is 16.3. The molecule has 2 fully saturated rings. The summed E-state index contributed by atoms with van der Waals surface area (Å²) in [5.41, 5.74) is 3.03. The van der Waals surface area contributed by atoms with Crippen molar-refractivity contribution in [3.8, 4) is 0 Å². The molecule has 0 spiro atoms. The maximum absolute atomic E-state index is 12.2. The normalized spacial score (nSPS) is 20.7. The van der Waals surface area contributed by atoms with Crippen molar-refractivity contribution in [1.29, 1.82) is 0 Å². The quantitative estimate of drug-likeness (QED) is 0.816. The van der Waals surface area contributed by atoms with Gasteiger partial charge in [0.25, 0.3) is 5.91 Å². The Hall–Kier alpha value is -2.14. The average Bonchev–Trinajstić information content (AvgIpc) is 3.20. The van der Waals surface area contributed by atoms with Crippen LogP contribution in [0.25, 0.3) is 0 Å². The van der Waals surface area contributed by atoms with Crippen LogP contribution < -0.4 is 5.32 Å². The molecule has 25 heavy (non-hydrogen) atoms. The van der Waals surface area contributed by atoms with Crippen LogP contribution in [0, 0.1) is 5.92 Å². The van der Waals surface area contributed by atoms with Crippen molar-refractivity contribution in [2.45, 2.75) is 31.6 Å². The standard InChI is InChI=1S/C20H26N4O/c25-20(19-12-18(22-23-19)17-6-7-17)21-13-16-9-11-24(14-16)10-8-15-4-2-1-3-5-15/h1-5,12,16-17H,6-11,13-14H2,(H,21,25)(H,22,23). The van der Waals surface area contributed by atoms with Crippen LogP contribution >= 0.6 is 0 Å². The minimum Gasteiger partial charge on any atom is -0.350 e. The predicted octanol–water partition coefficient (Wildman–Crippen LogP) is 2.58. The number of amides is 1. The number of nitrogens with one attached hydrogen (secondary N) is 2. The molecule has 2 N–H and O–H groups in total. The monoisotopic (exact) mass is 338 g/mol.